The number of nitrogens with zero attached hydrogens (tertiary/aromatic N) is 3. The Balaban J connectivity index is 1.86. The first-order valence-electron chi connectivity index (χ1n) is 8.31. The second-order valence-corrected chi connectivity index (χ2v) is 7.60. The van der Waals surface area contributed by atoms with Gasteiger partial charge in [-0.05, 0) is 36.9 Å². The zero-order chi connectivity index (χ0) is 17.3. The third-order valence-corrected chi connectivity index (χ3v) is 5.86. The summed E-state index contributed by atoms with van der Waals surface area (Å²) in [6.45, 7) is 1.19. The number of hydrogen-bond donors (Lipinski definition) is 2. The molecule has 1 saturated carbocycles. The normalized spacial score (nSPS) is 20.9. The average molecular weight is 361 g/mol. The van der Waals surface area contributed by atoms with Crippen molar-refractivity contribution in [1.29, 1.82) is 0 Å². The highest BCUT2D eigenvalue weighted by atomic mass is 32.1. The van der Waals surface area contributed by atoms with Crippen molar-refractivity contribution >= 4 is 38.6 Å². The van der Waals surface area contributed by atoms with Gasteiger partial charge in [-0.2, -0.15) is 0 Å². The Morgan fingerprint density at radius 2 is 2.12 bits per heavy atom. The Bertz CT molecular complexity index is 1130. The molecule has 130 valence electrons. The molecule has 1 atom stereocenters. The van der Waals surface area contributed by atoms with Crippen molar-refractivity contribution in [2.24, 2.45) is 5.73 Å². The summed E-state index contributed by atoms with van der Waals surface area (Å²) in [6.07, 6.45) is 2.71. The lowest BCUT2D eigenvalue weighted by molar-refractivity contribution is 0.616. The van der Waals surface area contributed by atoms with E-state index in [1.165, 1.54) is 6.07 Å². The Morgan fingerprint density at radius 3 is 2.80 bits per heavy atom. The van der Waals surface area contributed by atoms with Crippen molar-refractivity contribution in [3.8, 4) is 0 Å². The standard InChI is InChI=1S/C16H16FN5O2S/c17-10-5-9-12(23)11-15(24)20-25-16(11)22(8-1-2-8)13(9)19-14(10)21-4-3-7(18)6-21/h5,7-8H,1-4,6,18H2,(H,20,24). The van der Waals surface area contributed by atoms with Crippen molar-refractivity contribution < 1.29 is 4.39 Å². The fourth-order valence-electron chi connectivity index (χ4n) is 3.59. The summed E-state index contributed by atoms with van der Waals surface area (Å²) >= 11 is 1.14. The molecule has 2 fully saturated rings. The molecule has 1 aliphatic heterocycles. The summed E-state index contributed by atoms with van der Waals surface area (Å²) in [7, 11) is 0. The molecule has 1 aliphatic carbocycles. The maximum Gasteiger partial charge on any atom is 0.271 e. The quantitative estimate of drug-likeness (QED) is 0.717. The number of pyridine rings is 2. The van der Waals surface area contributed by atoms with E-state index in [1.807, 2.05) is 9.47 Å². The highest BCUT2D eigenvalue weighted by Crippen LogP contribution is 2.40. The second-order valence-electron chi connectivity index (χ2n) is 6.80. The van der Waals surface area contributed by atoms with Gasteiger partial charge in [0.05, 0.1) is 5.39 Å². The van der Waals surface area contributed by atoms with Crippen LogP contribution in [0.3, 0.4) is 0 Å². The second kappa shape index (κ2) is 5.12. The molecule has 3 aromatic heterocycles. The molecule has 9 heteroatoms. The Morgan fingerprint density at radius 1 is 1.32 bits per heavy atom. The minimum Gasteiger partial charge on any atom is -0.353 e. The topological polar surface area (TPSA) is 97.0 Å². The maximum absolute atomic E-state index is 14.7. The molecule has 0 aromatic carbocycles. The minimum atomic E-state index is -0.549. The zero-order valence-electron chi connectivity index (χ0n) is 13.3. The van der Waals surface area contributed by atoms with Gasteiger partial charge >= 0.3 is 0 Å². The highest BCUT2D eigenvalue weighted by Gasteiger charge is 2.31. The van der Waals surface area contributed by atoms with Crippen molar-refractivity contribution in [3.63, 3.8) is 0 Å². The van der Waals surface area contributed by atoms with E-state index in [-0.39, 0.29) is 28.7 Å². The van der Waals surface area contributed by atoms with Crippen LogP contribution in [-0.2, 0) is 0 Å². The molecular weight excluding hydrogens is 345 g/mol. The first-order chi connectivity index (χ1) is 12.0. The molecule has 0 radical (unpaired) electrons. The molecule has 0 bridgehead atoms. The van der Waals surface area contributed by atoms with E-state index in [4.69, 9.17) is 5.73 Å². The number of halogens is 1. The van der Waals surface area contributed by atoms with Crippen molar-refractivity contribution in [3.05, 3.63) is 32.5 Å². The predicted octanol–water partition coefficient (Wildman–Crippen LogP) is 1.31. The van der Waals surface area contributed by atoms with Gasteiger partial charge in [-0.25, -0.2) is 9.37 Å². The van der Waals surface area contributed by atoms with Crippen LogP contribution in [-0.4, -0.2) is 33.1 Å². The minimum absolute atomic E-state index is 0.0000745. The summed E-state index contributed by atoms with van der Waals surface area (Å²) in [5.41, 5.74) is 5.50. The molecule has 5 rings (SSSR count). The van der Waals surface area contributed by atoms with Gasteiger partial charge in [-0.3, -0.25) is 14.0 Å². The molecule has 4 heterocycles. The number of H-pyrrole nitrogens is 1. The summed E-state index contributed by atoms with van der Waals surface area (Å²) in [5.74, 6) is -0.316. The van der Waals surface area contributed by atoms with Crippen LogP contribution in [0.1, 0.15) is 25.3 Å². The lowest BCUT2D eigenvalue weighted by Crippen LogP contribution is -2.28. The first kappa shape index (κ1) is 15.0. The number of fused-ring (bicyclic) bond motifs is 2. The monoisotopic (exact) mass is 361 g/mol. The zero-order valence-corrected chi connectivity index (χ0v) is 14.1. The van der Waals surface area contributed by atoms with Crippen molar-refractivity contribution in [2.45, 2.75) is 31.3 Å². The number of hydrogen-bond acceptors (Lipinski definition) is 6. The van der Waals surface area contributed by atoms with Crippen molar-refractivity contribution in [1.82, 2.24) is 13.9 Å². The van der Waals surface area contributed by atoms with Gasteiger partial charge in [-0.1, -0.05) is 0 Å². The largest absolute Gasteiger partial charge is 0.353 e. The molecule has 25 heavy (non-hydrogen) atoms. The molecule has 0 spiro atoms. The maximum atomic E-state index is 14.7. The van der Waals surface area contributed by atoms with E-state index >= 15 is 0 Å². The van der Waals surface area contributed by atoms with E-state index in [0.29, 0.717) is 23.6 Å². The van der Waals surface area contributed by atoms with Gasteiger partial charge in [0.15, 0.2) is 11.6 Å². The van der Waals surface area contributed by atoms with E-state index in [0.717, 1.165) is 30.8 Å². The fraction of sp³-hybridized carbons (Fsp3) is 0.438. The number of aromatic nitrogens is 3. The molecule has 2 aliphatic rings. The third-order valence-electron chi connectivity index (χ3n) is 4.97. The molecule has 3 aromatic rings. The van der Waals surface area contributed by atoms with Crippen LogP contribution < -0.4 is 21.6 Å². The van der Waals surface area contributed by atoms with Crippen LogP contribution in [0.15, 0.2) is 15.7 Å². The lowest BCUT2D eigenvalue weighted by Gasteiger charge is -2.19. The molecule has 0 amide bonds. The van der Waals surface area contributed by atoms with Gasteiger partial charge < -0.3 is 15.2 Å². The summed E-state index contributed by atoms with van der Waals surface area (Å²) in [4.78, 5) is 31.7. The Labute approximate surface area is 145 Å². The summed E-state index contributed by atoms with van der Waals surface area (Å²) in [5, 5.41) is 0.259. The number of rotatable bonds is 2. The number of aromatic amines is 1. The van der Waals surface area contributed by atoms with Crippen LogP contribution in [0.2, 0.25) is 0 Å². The van der Waals surface area contributed by atoms with Crippen molar-refractivity contribution in [2.75, 3.05) is 18.0 Å². The third kappa shape index (κ3) is 2.15. The molecular formula is C16H16FN5O2S. The number of anilines is 1. The fourth-order valence-corrected chi connectivity index (χ4v) is 4.50. The van der Waals surface area contributed by atoms with Crippen LogP contribution in [0.25, 0.3) is 21.3 Å². The number of nitrogens with two attached hydrogens (primary N) is 1. The average Bonchev–Trinajstić information content (AvgIpc) is 3.21. The SMILES string of the molecule is NC1CCN(c2nc3c(cc2F)c(=O)c2c(=O)[nH]sc2n3C2CC2)C1. The Kier molecular flexibility index (Phi) is 3.08. The highest BCUT2D eigenvalue weighted by molar-refractivity contribution is 7.12. The van der Waals surface area contributed by atoms with Crippen LogP contribution in [0.5, 0.6) is 0 Å². The Hall–Kier alpha value is -2.26. The van der Waals surface area contributed by atoms with E-state index in [1.54, 1.807) is 0 Å². The summed E-state index contributed by atoms with van der Waals surface area (Å²) < 4.78 is 19.2. The first-order valence-corrected chi connectivity index (χ1v) is 9.12. The van der Waals surface area contributed by atoms with Crippen LogP contribution in [0.4, 0.5) is 10.2 Å². The van der Waals surface area contributed by atoms with E-state index < -0.39 is 16.8 Å². The predicted molar refractivity (Wildman–Crippen MR) is 95.0 cm³/mol. The summed E-state index contributed by atoms with van der Waals surface area (Å²) in [6, 6.07) is 1.42. The van der Waals surface area contributed by atoms with Gasteiger partial charge in [0.1, 0.15) is 15.9 Å². The smallest absolute Gasteiger partial charge is 0.271 e. The van der Waals surface area contributed by atoms with Gasteiger partial charge in [-0.15, -0.1) is 0 Å². The van der Waals surface area contributed by atoms with Gasteiger partial charge in [0.2, 0.25) is 5.43 Å². The molecule has 1 unspecified atom stereocenters. The van der Waals surface area contributed by atoms with Gasteiger partial charge in [0.25, 0.3) is 5.56 Å². The van der Waals surface area contributed by atoms with E-state index in [2.05, 4.69) is 9.36 Å². The van der Waals surface area contributed by atoms with E-state index in [9.17, 15) is 14.0 Å². The van der Waals surface area contributed by atoms with Crippen LogP contribution >= 0.6 is 11.5 Å². The van der Waals surface area contributed by atoms with Gasteiger partial charge in [0, 0.05) is 25.2 Å². The van der Waals surface area contributed by atoms with Crippen LogP contribution in [0, 0.1) is 5.82 Å². The molecule has 7 nitrogen and oxygen atoms in total. The molecule has 3 N–H and O–H groups in total. The number of nitrogens with one attached hydrogen (secondary N) is 1. The molecule has 1 saturated heterocycles. The lowest BCUT2D eigenvalue weighted by atomic mass is 10.2.